The van der Waals surface area contributed by atoms with Crippen LogP contribution < -0.4 is 5.32 Å². The Hall–Kier alpha value is -1.66. The topological polar surface area (TPSA) is 59.1 Å². The molecular weight excluding hydrogens is 376 g/mol. The largest absolute Gasteiger partial charge is 0.302 e. The molecule has 0 fully saturated rings. The maximum Gasteiger partial charge on any atom is 0.226 e. The predicted octanol–water partition coefficient (Wildman–Crippen LogP) is 6.01. The summed E-state index contributed by atoms with van der Waals surface area (Å²) in [6.45, 7) is 3.88. The van der Waals surface area contributed by atoms with E-state index in [1.807, 2.05) is 49.6 Å². The van der Waals surface area contributed by atoms with Gasteiger partial charge in [-0.25, -0.2) is 4.98 Å². The van der Waals surface area contributed by atoms with Gasteiger partial charge in [-0.2, -0.15) is 0 Å². The van der Waals surface area contributed by atoms with Crippen molar-refractivity contribution in [3.8, 4) is 11.3 Å². The fraction of sp³-hybridized carbons (Fsp3) is 0.476. The van der Waals surface area contributed by atoms with Crippen LogP contribution in [0.2, 0.25) is 0 Å². The number of hydrogen-bond acceptors (Lipinski definition) is 5. The van der Waals surface area contributed by atoms with E-state index in [0.717, 1.165) is 49.1 Å². The third-order valence-electron chi connectivity index (χ3n) is 4.08. The molecule has 0 aliphatic rings. The molecule has 1 heterocycles. The van der Waals surface area contributed by atoms with Gasteiger partial charge in [-0.15, -0.1) is 11.3 Å². The molecule has 0 aliphatic carbocycles. The van der Waals surface area contributed by atoms with Crippen LogP contribution in [0.3, 0.4) is 0 Å². The first kappa shape index (κ1) is 21.6. The highest BCUT2D eigenvalue weighted by Gasteiger charge is 2.08. The Morgan fingerprint density at radius 1 is 1.07 bits per heavy atom. The predicted molar refractivity (Wildman–Crippen MR) is 116 cm³/mol. The molecule has 0 unspecified atom stereocenters. The van der Waals surface area contributed by atoms with Crippen LogP contribution in [-0.2, 0) is 9.59 Å². The van der Waals surface area contributed by atoms with E-state index in [4.69, 9.17) is 0 Å². The van der Waals surface area contributed by atoms with Crippen LogP contribution in [0.25, 0.3) is 11.3 Å². The quantitative estimate of drug-likeness (QED) is 0.466. The molecule has 1 N–H and O–H groups in total. The Morgan fingerprint density at radius 3 is 2.52 bits per heavy atom. The highest BCUT2D eigenvalue weighted by Crippen LogP contribution is 2.24. The maximum atomic E-state index is 12.0. The fourth-order valence-electron chi connectivity index (χ4n) is 2.51. The van der Waals surface area contributed by atoms with Crippen LogP contribution in [0.1, 0.15) is 52.4 Å². The van der Waals surface area contributed by atoms with E-state index in [9.17, 15) is 9.59 Å². The summed E-state index contributed by atoms with van der Waals surface area (Å²) >= 11 is 2.90. The number of unbranched alkanes of at least 4 members (excludes halogenated alkanes) is 4. The minimum Gasteiger partial charge on any atom is -0.302 e. The van der Waals surface area contributed by atoms with Crippen molar-refractivity contribution < 1.29 is 9.59 Å². The van der Waals surface area contributed by atoms with E-state index < -0.39 is 0 Å². The van der Waals surface area contributed by atoms with Crippen molar-refractivity contribution in [1.82, 2.24) is 4.98 Å². The second kappa shape index (κ2) is 11.9. The first-order valence-corrected chi connectivity index (χ1v) is 11.4. The van der Waals surface area contributed by atoms with Gasteiger partial charge < -0.3 is 5.32 Å². The van der Waals surface area contributed by atoms with E-state index in [0.29, 0.717) is 11.6 Å². The van der Waals surface area contributed by atoms with Crippen LogP contribution in [-0.4, -0.2) is 21.8 Å². The molecule has 146 valence electrons. The molecule has 0 saturated carbocycles. The summed E-state index contributed by atoms with van der Waals surface area (Å²) in [5.41, 5.74) is 1.95. The summed E-state index contributed by atoms with van der Waals surface area (Å²) in [5, 5.41) is 5.80. The second-order valence-electron chi connectivity index (χ2n) is 6.79. The Morgan fingerprint density at radius 2 is 1.78 bits per heavy atom. The molecule has 1 aromatic heterocycles. The van der Waals surface area contributed by atoms with Gasteiger partial charge in [0.15, 0.2) is 10.2 Å². The lowest BCUT2D eigenvalue weighted by molar-refractivity contribution is -0.116. The molecule has 0 aliphatic heterocycles. The highest BCUT2D eigenvalue weighted by atomic mass is 32.2. The number of carbonyl (C=O) groups excluding carboxylic acids is 2. The number of rotatable bonds is 11. The summed E-state index contributed by atoms with van der Waals surface area (Å²) in [7, 11) is 0. The van der Waals surface area contributed by atoms with Crippen LogP contribution in [0.5, 0.6) is 0 Å². The molecule has 0 saturated heterocycles. The molecule has 0 atom stereocenters. The Labute approximate surface area is 170 Å². The zero-order chi connectivity index (χ0) is 19.5. The number of nitrogens with zero attached hydrogens (tertiary/aromatic N) is 1. The molecule has 2 rings (SSSR count). The second-order valence-corrected chi connectivity index (χ2v) is 8.75. The van der Waals surface area contributed by atoms with Gasteiger partial charge in [-0.1, -0.05) is 75.2 Å². The van der Waals surface area contributed by atoms with Gasteiger partial charge in [0, 0.05) is 29.0 Å². The van der Waals surface area contributed by atoms with E-state index in [-0.39, 0.29) is 16.9 Å². The van der Waals surface area contributed by atoms with Crippen LogP contribution in [0.4, 0.5) is 5.13 Å². The van der Waals surface area contributed by atoms with Gasteiger partial charge in [-0.05, 0) is 12.8 Å². The van der Waals surface area contributed by atoms with Gasteiger partial charge in [0.25, 0.3) is 0 Å². The lowest BCUT2D eigenvalue weighted by atomic mass is 10.1. The number of anilines is 1. The van der Waals surface area contributed by atoms with E-state index in [2.05, 4.69) is 10.3 Å². The van der Waals surface area contributed by atoms with E-state index in [1.165, 1.54) is 23.1 Å². The third kappa shape index (κ3) is 8.26. The number of hydrogen-bond donors (Lipinski definition) is 1. The van der Waals surface area contributed by atoms with Gasteiger partial charge in [0.2, 0.25) is 5.91 Å². The smallest absolute Gasteiger partial charge is 0.226 e. The Balaban J connectivity index is 1.55. The Kier molecular flexibility index (Phi) is 9.56. The SMILES string of the molecule is CC(C)C(=O)SCCCCCCCC(=O)Nc1nc(-c2ccccc2)cs1. The van der Waals surface area contributed by atoms with Crippen molar-refractivity contribution in [3.05, 3.63) is 35.7 Å². The molecule has 0 bridgehead atoms. The zero-order valence-corrected chi connectivity index (χ0v) is 17.7. The monoisotopic (exact) mass is 404 g/mol. The van der Waals surface area contributed by atoms with Gasteiger partial charge in [0.05, 0.1) is 5.69 Å². The van der Waals surface area contributed by atoms with E-state index >= 15 is 0 Å². The van der Waals surface area contributed by atoms with Crippen molar-refractivity contribution in [2.45, 2.75) is 52.4 Å². The number of thiazole rings is 1. The molecule has 27 heavy (non-hydrogen) atoms. The van der Waals surface area contributed by atoms with Crippen molar-refractivity contribution in [2.75, 3.05) is 11.1 Å². The standard InChI is InChI=1S/C21H28N2O2S2/c1-16(2)20(25)26-14-10-5-3-4-9-13-19(24)23-21-22-18(15-27-21)17-11-7-6-8-12-17/h6-8,11-12,15-16H,3-5,9-10,13-14H2,1-2H3,(H,22,23,24). The van der Waals surface area contributed by atoms with Crippen LogP contribution in [0.15, 0.2) is 35.7 Å². The first-order valence-electron chi connectivity index (χ1n) is 9.53. The molecule has 1 aromatic carbocycles. The van der Waals surface area contributed by atoms with Crippen molar-refractivity contribution >= 4 is 39.3 Å². The minimum atomic E-state index is 0.0297. The number of thioether (sulfide) groups is 1. The summed E-state index contributed by atoms with van der Waals surface area (Å²) in [6, 6.07) is 9.96. The third-order valence-corrected chi connectivity index (χ3v) is 6.09. The van der Waals surface area contributed by atoms with Gasteiger partial charge >= 0.3 is 0 Å². The van der Waals surface area contributed by atoms with E-state index in [1.54, 1.807) is 0 Å². The molecule has 0 radical (unpaired) electrons. The molecule has 1 amide bonds. The van der Waals surface area contributed by atoms with Crippen LogP contribution >= 0.6 is 23.1 Å². The van der Waals surface area contributed by atoms with Gasteiger partial charge in [0.1, 0.15) is 0 Å². The summed E-state index contributed by atoms with van der Waals surface area (Å²) in [5.74, 6) is 1.06. The number of aromatic nitrogens is 1. The summed E-state index contributed by atoms with van der Waals surface area (Å²) in [6.07, 6.45) is 5.76. The highest BCUT2D eigenvalue weighted by molar-refractivity contribution is 8.13. The van der Waals surface area contributed by atoms with Crippen molar-refractivity contribution in [2.24, 2.45) is 5.92 Å². The number of carbonyl (C=O) groups is 2. The average Bonchev–Trinajstić information content (AvgIpc) is 3.12. The number of benzene rings is 1. The maximum absolute atomic E-state index is 12.0. The molecule has 6 heteroatoms. The molecular formula is C21H28N2O2S2. The molecule has 2 aromatic rings. The minimum absolute atomic E-state index is 0.0297. The number of amides is 1. The van der Waals surface area contributed by atoms with Crippen molar-refractivity contribution in [3.63, 3.8) is 0 Å². The lowest BCUT2D eigenvalue weighted by Gasteiger charge is -2.04. The average molecular weight is 405 g/mol. The summed E-state index contributed by atoms with van der Waals surface area (Å²) in [4.78, 5) is 28.0. The zero-order valence-electron chi connectivity index (χ0n) is 16.1. The normalized spacial score (nSPS) is 10.9. The molecule has 0 spiro atoms. The van der Waals surface area contributed by atoms with Crippen LogP contribution in [0, 0.1) is 5.92 Å². The fourth-order valence-corrected chi connectivity index (χ4v) is 4.13. The first-order chi connectivity index (χ1) is 13.1. The lowest BCUT2D eigenvalue weighted by Crippen LogP contribution is -2.10. The molecule has 4 nitrogen and oxygen atoms in total. The number of nitrogens with one attached hydrogen (secondary N) is 1. The van der Waals surface area contributed by atoms with Gasteiger partial charge in [-0.3, -0.25) is 9.59 Å². The summed E-state index contributed by atoms with van der Waals surface area (Å²) < 4.78 is 0. The van der Waals surface area contributed by atoms with Crippen molar-refractivity contribution in [1.29, 1.82) is 0 Å². The Bertz CT molecular complexity index is 714.